The maximum absolute atomic E-state index is 12.9. The maximum Gasteiger partial charge on any atom is 0.527 e. The number of aliphatic hydroxyl groups is 1. The number of aliphatic hydroxyl groups excluding tert-OH is 1. The van der Waals surface area contributed by atoms with E-state index in [1.807, 2.05) is 4.57 Å². The van der Waals surface area contributed by atoms with Gasteiger partial charge in [-0.15, -0.1) is 0 Å². The molecule has 10 nitrogen and oxygen atoms in total. The number of aromatic nitrogens is 4. The van der Waals surface area contributed by atoms with E-state index >= 15 is 0 Å². The van der Waals surface area contributed by atoms with Gasteiger partial charge in [-0.05, 0) is 36.6 Å². The van der Waals surface area contributed by atoms with Crippen LogP contribution in [0.4, 0.5) is 10.2 Å². The number of fused-ring (bicyclic) bond motifs is 1. The lowest BCUT2D eigenvalue weighted by atomic mass is 9.70. The number of halogens is 1. The molecule has 0 spiro atoms. The number of nitrogens with two attached hydrogens (primary N) is 1. The Morgan fingerprint density at radius 3 is 2.76 bits per heavy atom. The van der Waals surface area contributed by atoms with Gasteiger partial charge < -0.3 is 19.9 Å². The van der Waals surface area contributed by atoms with Crippen LogP contribution in [0.5, 0.6) is 5.75 Å². The van der Waals surface area contributed by atoms with E-state index in [1.165, 1.54) is 18.5 Å². The molecule has 4 unspecified atom stereocenters. The number of anilines is 1. The van der Waals surface area contributed by atoms with E-state index in [9.17, 15) is 19.0 Å². The molecule has 2 heterocycles. The summed E-state index contributed by atoms with van der Waals surface area (Å²) in [5.41, 5.74) is 6.85. The quantitative estimate of drug-likeness (QED) is 0.485. The van der Waals surface area contributed by atoms with Gasteiger partial charge in [0.2, 0.25) is 0 Å². The monoisotopic (exact) mass is 423 g/mol. The summed E-state index contributed by atoms with van der Waals surface area (Å²) in [5.74, 6) is -0.595. The molecule has 0 saturated heterocycles. The van der Waals surface area contributed by atoms with Crippen LogP contribution in [0.15, 0.2) is 36.9 Å². The first-order valence-electron chi connectivity index (χ1n) is 8.84. The van der Waals surface area contributed by atoms with Gasteiger partial charge in [0.15, 0.2) is 11.5 Å². The lowest BCUT2D eigenvalue weighted by Gasteiger charge is -2.44. The van der Waals surface area contributed by atoms with Gasteiger partial charge in [0.25, 0.3) is 0 Å². The fourth-order valence-electron chi connectivity index (χ4n) is 3.52. The zero-order valence-corrected chi connectivity index (χ0v) is 16.0. The zero-order chi connectivity index (χ0) is 20.6. The minimum atomic E-state index is -4.39. The van der Waals surface area contributed by atoms with Crippen molar-refractivity contribution >= 4 is 24.8 Å². The van der Waals surface area contributed by atoms with Crippen molar-refractivity contribution in [3.63, 3.8) is 0 Å². The van der Waals surface area contributed by atoms with Crippen molar-refractivity contribution in [1.29, 1.82) is 0 Å². The molecule has 29 heavy (non-hydrogen) atoms. The topological polar surface area (TPSA) is 146 Å². The fourth-order valence-corrected chi connectivity index (χ4v) is 4.34. The summed E-state index contributed by atoms with van der Waals surface area (Å²) < 4.78 is 36.9. The number of imidazole rings is 1. The molecule has 0 amide bonds. The highest BCUT2D eigenvalue weighted by Crippen LogP contribution is 2.49. The molecular formula is C17H19FN5O5P. The van der Waals surface area contributed by atoms with Crippen LogP contribution in [0.1, 0.15) is 12.5 Å². The standard InChI is InChI=1S/C17H19FN5O5P/c18-11-1-3-12(4-2-11)28-29(25,26)27-7-10-5-14(13(10)6-24)23-9-22-15-16(19)20-8-21-17(15)23/h1-4,8-10,13-14,24H,5-7H2,(H,25,26)(H2,19,20,21). The Morgan fingerprint density at radius 2 is 2.03 bits per heavy atom. The van der Waals surface area contributed by atoms with Crippen molar-refractivity contribution in [2.75, 3.05) is 18.9 Å². The van der Waals surface area contributed by atoms with Crippen molar-refractivity contribution in [1.82, 2.24) is 19.5 Å². The van der Waals surface area contributed by atoms with Crippen LogP contribution in [0.25, 0.3) is 11.2 Å². The van der Waals surface area contributed by atoms with Gasteiger partial charge in [0, 0.05) is 18.6 Å². The lowest BCUT2D eigenvalue weighted by Crippen LogP contribution is -2.42. The van der Waals surface area contributed by atoms with Crippen molar-refractivity contribution in [3.8, 4) is 5.75 Å². The molecule has 2 aromatic heterocycles. The molecule has 0 aliphatic heterocycles. The third-order valence-corrected chi connectivity index (χ3v) is 6.00. The highest BCUT2D eigenvalue weighted by atomic mass is 31.2. The van der Waals surface area contributed by atoms with E-state index in [0.717, 1.165) is 12.1 Å². The van der Waals surface area contributed by atoms with Gasteiger partial charge >= 0.3 is 7.82 Å². The maximum atomic E-state index is 12.9. The van der Waals surface area contributed by atoms with E-state index < -0.39 is 13.6 Å². The number of hydrogen-bond donors (Lipinski definition) is 3. The molecular weight excluding hydrogens is 404 g/mol. The van der Waals surface area contributed by atoms with Crippen LogP contribution >= 0.6 is 7.82 Å². The average molecular weight is 423 g/mol. The Hall–Kier alpha value is -2.59. The van der Waals surface area contributed by atoms with Crippen LogP contribution in [-0.4, -0.2) is 42.7 Å². The summed E-state index contributed by atoms with van der Waals surface area (Å²) in [6.45, 7) is -0.228. The Labute approximate surface area is 164 Å². The van der Waals surface area contributed by atoms with E-state index in [4.69, 9.17) is 14.8 Å². The van der Waals surface area contributed by atoms with Crippen molar-refractivity contribution < 1.29 is 28.0 Å². The van der Waals surface area contributed by atoms with E-state index in [0.29, 0.717) is 17.6 Å². The van der Waals surface area contributed by atoms with E-state index in [2.05, 4.69) is 15.0 Å². The number of hydrogen-bond acceptors (Lipinski definition) is 8. The second kappa shape index (κ2) is 7.68. The number of nitrogen functional groups attached to an aromatic ring is 1. The molecule has 0 bridgehead atoms. The van der Waals surface area contributed by atoms with Gasteiger partial charge in [-0.2, -0.15) is 0 Å². The average Bonchev–Trinajstić information content (AvgIpc) is 3.08. The van der Waals surface area contributed by atoms with E-state index in [1.54, 1.807) is 6.33 Å². The smallest absolute Gasteiger partial charge is 0.404 e. The predicted octanol–water partition coefficient (Wildman–Crippen LogP) is 1.91. The van der Waals surface area contributed by atoms with Crippen LogP contribution in [0, 0.1) is 17.7 Å². The number of nitrogens with zero attached hydrogens (tertiary/aromatic N) is 4. The third-order valence-electron chi connectivity index (χ3n) is 5.09. The van der Waals surface area contributed by atoms with Crippen molar-refractivity contribution in [3.05, 3.63) is 42.7 Å². The zero-order valence-electron chi connectivity index (χ0n) is 15.1. The van der Waals surface area contributed by atoms with Crippen LogP contribution < -0.4 is 10.3 Å². The molecule has 4 N–H and O–H groups in total. The minimum absolute atomic E-state index is 0.0181. The molecule has 0 radical (unpaired) electrons. The Balaban J connectivity index is 1.40. The Morgan fingerprint density at radius 1 is 1.28 bits per heavy atom. The van der Waals surface area contributed by atoms with E-state index in [-0.39, 0.29) is 42.7 Å². The normalized spacial score (nSPS) is 23.5. The van der Waals surface area contributed by atoms with Gasteiger partial charge in [-0.3, -0.25) is 9.42 Å². The second-order valence-corrected chi connectivity index (χ2v) is 8.18. The summed E-state index contributed by atoms with van der Waals surface area (Å²) in [6.07, 6.45) is 3.52. The van der Waals surface area contributed by atoms with Crippen LogP contribution in [0.2, 0.25) is 0 Å². The van der Waals surface area contributed by atoms with Crippen LogP contribution in [-0.2, 0) is 9.09 Å². The number of benzene rings is 1. The van der Waals surface area contributed by atoms with Gasteiger partial charge in [-0.1, -0.05) is 0 Å². The summed E-state index contributed by atoms with van der Waals surface area (Å²) >= 11 is 0. The first kappa shape index (κ1) is 19.7. The van der Waals surface area contributed by atoms with Gasteiger partial charge in [-0.25, -0.2) is 23.9 Å². The van der Waals surface area contributed by atoms with Crippen LogP contribution in [0.3, 0.4) is 0 Å². The third kappa shape index (κ3) is 3.95. The summed E-state index contributed by atoms with van der Waals surface area (Å²) in [6, 6.07) is 4.58. The first-order valence-corrected chi connectivity index (χ1v) is 10.3. The number of rotatable bonds is 7. The summed E-state index contributed by atoms with van der Waals surface area (Å²) in [4.78, 5) is 22.2. The largest absolute Gasteiger partial charge is 0.527 e. The minimum Gasteiger partial charge on any atom is -0.404 e. The molecule has 12 heteroatoms. The van der Waals surface area contributed by atoms with Crippen molar-refractivity contribution in [2.24, 2.45) is 11.8 Å². The Kier molecular flexibility index (Phi) is 5.22. The lowest BCUT2D eigenvalue weighted by molar-refractivity contribution is -0.00488. The molecule has 4 rings (SSSR count). The molecule has 1 aromatic carbocycles. The highest BCUT2D eigenvalue weighted by molar-refractivity contribution is 7.47. The molecule has 3 aromatic rings. The summed E-state index contributed by atoms with van der Waals surface area (Å²) in [5, 5.41) is 9.80. The molecule has 154 valence electrons. The SMILES string of the molecule is Nc1ncnc2c1ncn2C1CC(COP(=O)(O)Oc2ccc(F)cc2)C1CO. The highest BCUT2D eigenvalue weighted by Gasteiger charge is 2.43. The number of phosphoric ester groups is 1. The fraction of sp³-hybridized carbons (Fsp3) is 0.353. The second-order valence-electron chi connectivity index (χ2n) is 6.80. The molecule has 1 aliphatic carbocycles. The molecule has 4 atom stereocenters. The number of phosphoric acid groups is 1. The molecule has 1 fully saturated rings. The van der Waals surface area contributed by atoms with Gasteiger partial charge in [0.05, 0.1) is 12.9 Å². The first-order chi connectivity index (χ1) is 13.9. The molecule has 1 saturated carbocycles. The Bertz CT molecular complexity index is 1060. The van der Waals surface area contributed by atoms with Gasteiger partial charge in [0.1, 0.15) is 23.4 Å². The molecule has 1 aliphatic rings. The summed E-state index contributed by atoms with van der Waals surface area (Å²) in [7, 11) is -4.39. The predicted molar refractivity (Wildman–Crippen MR) is 100 cm³/mol. The van der Waals surface area contributed by atoms with Crippen molar-refractivity contribution in [2.45, 2.75) is 12.5 Å².